The Morgan fingerprint density at radius 3 is 1.60 bits per heavy atom. The summed E-state index contributed by atoms with van der Waals surface area (Å²) in [6, 6.07) is 0. The lowest BCUT2D eigenvalue weighted by atomic mass is 10.7. The van der Waals surface area contributed by atoms with E-state index in [9.17, 15) is 0 Å². The van der Waals surface area contributed by atoms with E-state index in [0.717, 1.165) is 6.54 Å². The predicted molar refractivity (Wildman–Crippen MR) is 24.5 cm³/mol. The van der Waals surface area contributed by atoms with E-state index in [1.54, 1.807) is 0 Å². The first kappa shape index (κ1) is 4.96. The highest BCUT2D eigenvalue weighted by molar-refractivity contribution is 4.35. The molecule has 0 bridgehead atoms. The van der Waals surface area contributed by atoms with Gasteiger partial charge in [0.05, 0.1) is 0 Å². The number of hydrogen-bond donors (Lipinski definition) is 0. The summed E-state index contributed by atoms with van der Waals surface area (Å²) in [4.78, 5) is 2.12. The molecule has 0 aromatic rings. The maximum Gasteiger partial charge on any atom is 0.119 e. The highest BCUT2D eigenvalue weighted by Crippen LogP contribution is 1.58. The van der Waals surface area contributed by atoms with Crippen LogP contribution in [0.25, 0.3) is 0 Å². The van der Waals surface area contributed by atoms with E-state index >= 15 is 0 Å². The van der Waals surface area contributed by atoms with Gasteiger partial charge in [0.1, 0.15) is 20.6 Å². The van der Waals surface area contributed by atoms with Gasteiger partial charge in [-0.2, -0.15) is 4.90 Å². The average molecular weight is 73.1 g/mol. The third-order valence-corrected chi connectivity index (χ3v) is 0.632. The van der Waals surface area contributed by atoms with Crippen molar-refractivity contribution in [2.75, 3.05) is 20.6 Å². The fraction of sp³-hybridized carbons (Fsp3) is 1.00. The van der Waals surface area contributed by atoms with Crippen molar-refractivity contribution in [3.8, 4) is 0 Å². The third kappa shape index (κ3) is 3.96. The molecule has 0 rings (SSSR count). The van der Waals surface area contributed by atoms with E-state index in [1.807, 2.05) is 0 Å². The first-order valence-corrected chi connectivity index (χ1v) is 1.92. The van der Waals surface area contributed by atoms with Gasteiger partial charge in [-0.05, 0) is 6.92 Å². The van der Waals surface area contributed by atoms with Gasteiger partial charge in [0, 0.05) is 0 Å². The van der Waals surface area contributed by atoms with Crippen LogP contribution in [0.15, 0.2) is 0 Å². The highest BCUT2D eigenvalue weighted by atomic mass is 15.0. The number of nitrogens with zero attached hydrogens (tertiary/aromatic N) is 1. The van der Waals surface area contributed by atoms with E-state index in [2.05, 4.69) is 25.9 Å². The van der Waals surface area contributed by atoms with Gasteiger partial charge in [-0.1, -0.05) is 0 Å². The summed E-state index contributed by atoms with van der Waals surface area (Å²) in [5.74, 6) is 0. The summed E-state index contributed by atoms with van der Waals surface area (Å²) in [5, 5.41) is 0. The zero-order chi connectivity index (χ0) is 4.28. The molecule has 31 valence electrons. The molecule has 0 amide bonds. The second kappa shape index (κ2) is 2.21. The van der Waals surface area contributed by atoms with Gasteiger partial charge in [-0.25, -0.2) is 0 Å². The largest absolute Gasteiger partial charge is 0.176 e. The van der Waals surface area contributed by atoms with E-state index in [-0.39, 0.29) is 0 Å². The molecular weight excluding hydrogens is 62.1 g/mol. The second-order valence-electron chi connectivity index (χ2n) is 1.40. The Bertz CT molecular complexity index is 17.6. The normalized spacial score (nSPS) is 9.60. The smallest absolute Gasteiger partial charge is 0.119 e. The first-order chi connectivity index (χ1) is 2.27. The lowest BCUT2D eigenvalue weighted by Gasteiger charge is -1.87. The van der Waals surface area contributed by atoms with E-state index < -0.39 is 0 Å². The fourth-order valence-electron chi connectivity index (χ4n) is 0. The second-order valence-corrected chi connectivity index (χ2v) is 1.40. The number of rotatable bonds is 1. The summed E-state index contributed by atoms with van der Waals surface area (Å²) in [6.45, 7) is 3.26. The van der Waals surface area contributed by atoms with Gasteiger partial charge in [0.2, 0.25) is 0 Å². The fourth-order valence-corrected chi connectivity index (χ4v) is 0. The van der Waals surface area contributed by atoms with Gasteiger partial charge in [0.25, 0.3) is 0 Å². The molecule has 0 aliphatic heterocycles. The Morgan fingerprint density at radius 1 is 1.40 bits per heavy atom. The van der Waals surface area contributed by atoms with Crippen molar-refractivity contribution in [3.63, 3.8) is 0 Å². The lowest BCUT2D eigenvalue weighted by molar-refractivity contribution is 0.596. The summed E-state index contributed by atoms with van der Waals surface area (Å²) in [6.07, 6.45) is 0. The van der Waals surface area contributed by atoms with Crippen LogP contribution in [0.2, 0.25) is 0 Å². The molecule has 0 fully saturated rings. The summed E-state index contributed by atoms with van der Waals surface area (Å²) < 4.78 is 0. The van der Waals surface area contributed by atoms with Crippen molar-refractivity contribution in [2.24, 2.45) is 0 Å². The van der Waals surface area contributed by atoms with Gasteiger partial charge < -0.3 is 0 Å². The van der Waals surface area contributed by atoms with Crippen LogP contribution in [-0.2, 0) is 0 Å². The van der Waals surface area contributed by atoms with Gasteiger partial charge in [-0.15, -0.1) is 0 Å². The Hall–Kier alpha value is -0.0400. The van der Waals surface area contributed by atoms with Crippen LogP contribution >= 0.6 is 0 Å². The Labute approximate surface area is 33.6 Å². The van der Waals surface area contributed by atoms with E-state index in [1.165, 1.54) is 0 Å². The molecule has 0 aromatic carbocycles. The monoisotopic (exact) mass is 73.1 g/mol. The van der Waals surface area contributed by atoms with Crippen molar-refractivity contribution in [1.29, 1.82) is 0 Å². The van der Waals surface area contributed by atoms with E-state index in [0.29, 0.717) is 0 Å². The van der Waals surface area contributed by atoms with Crippen molar-refractivity contribution in [2.45, 2.75) is 6.92 Å². The lowest BCUT2D eigenvalue weighted by Crippen LogP contribution is -2.16. The topological polar surface area (TPSA) is 5.90 Å². The molecule has 0 unspecified atom stereocenters. The van der Waals surface area contributed by atoms with Crippen LogP contribution in [0.3, 0.4) is 0 Å². The van der Waals surface area contributed by atoms with Crippen LogP contribution in [0, 0.1) is 0 Å². The molecular formula is C4H11N+. The van der Waals surface area contributed by atoms with Gasteiger partial charge >= 0.3 is 0 Å². The Balaban J connectivity index is 2.54. The minimum Gasteiger partial charge on any atom is -0.176 e. The maximum atomic E-state index is 2.12. The summed E-state index contributed by atoms with van der Waals surface area (Å²) in [7, 11) is 4.11. The Morgan fingerprint density at radius 2 is 1.60 bits per heavy atom. The third-order valence-electron chi connectivity index (χ3n) is 0.632. The number of hydrogen-bond acceptors (Lipinski definition) is 1. The SMILES string of the molecule is CC[N+](C)C. The van der Waals surface area contributed by atoms with Crippen LogP contribution in [0.1, 0.15) is 6.92 Å². The van der Waals surface area contributed by atoms with Crippen molar-refractivity contribution >= 4 is 0 Å². The molecule has 0 aromatic heterocycles. The summed E-state index contributed by atoms with van der Waals surface area (Å²) in [5.41, 5.74) is 0. The zero-order valence-corrected chi connectivity index (χ0v) is 4.15. The zero-order valence-electron chi connectivity index (χ0n) is 4.15. The van der Waals surface area contributed by atoms with Crippen LogP contribution in [0.5, 0.6) is 0 Å². The quantitative estimate of drug-likeness (QED) is 0.396. The van der Waals surface area contributed by atoms with Crippen LogP contribution in [-0.4, -0.2) is 20.6 Å². The van der Waals surface area contributed by atoms with Crippen molar-refractivity contribution in [1.82, 2.24) is 4.90 Å². The molecule has 0 aliphatic carbocycles. The molecule has 1 radical (unpaired) electrons. The molecule has 1 heteroatoms. The first-order valence-electron chi connectivity index (χ1n) is 1.92. The molecule has 0 atom stereocenters. The molecule has 0 heterocycles. The molecule has 0 saturated carbocycles. The molecule has 0 aliphatic rings. The van der Waals surface area contributed by atoms with E-state index in [4.69, 9.17) is 0 Å². The van der Waals surface area contributed by atoms with Gasteiger partial charge in [-0.3, -0.25) is 0 Å². The Kier molecular flexibility index (Phi) is 2.19. The molecule has 0 saturated heterocycles. The minimum atomic E-state index is 1.14. The standard InChI is InChI=1S/C4H11N/c1-4-5(2)3/h4H2,1-3H3/q+1. The highest BCUT2D eigenvalue weighted by Gasteiger charge is 1.84. The van der Waals surface area contributed by atoms with Crippen molar-refractivity contribution in [3.05, 3.63) is 0 Å². The minimum absolute atomic E-state index is 1.14. The molecule has 0 N–H and O–H groups in total. The van der Waals surface area contributed by atoms with Crippen LogP contribution < -0.4 is 4.90 Å². The average Bonchev–Trinajstić information content (AvgIpc) is 1.38. The van der Waals surface area contributed by atoms with Crippen molar-refractivity contribution < 1.29 is 0 Å². The predicted octanol–water partition coefficient (Wildman–Crippen LogP) is 0.406. The maximum absolute atomic E-state index is 2.12. The van der Waals surface area contributed by atoms with Gasteiger partial charge in [0.15, 0.2) is 0 Å². The molecule has 0 spiro atoms. The molecule has 5 heavy (non-hydrogen) atoms. The van der Waals surface area contributed by atoms with Crippen LogP contribution in [0.4, 0.5) is 0 Å². The molecule has 1 nitrogen and oxygen atoms in total. The summed E-state index contributed by atoms with van der Waals surface area (Å²) >= 11 is 0.